The smallest absolute Gasteiger partial charge is 0.280 e. The first kappa shape index (κ1) is 15.2. The van der Waals surface area contributed by atoms with Gasteiger partial charge in [-0.25, -0.2) is 4.39 Å². The van der Waals surface area contributed by atoms with Crippen molar-refractivity contribution < 1.29 is 13.7 Å². The summed E-state index contributed by atoms with van der Waals surface area (Å²) in [4.78, 5) is 4.26. The molecule has 0 amide bonds. The lowest BCUT2D eigenvalue weighted by atomic mass is 9.89. The highest BCUT2D eigenvalue weighted by Crippen LogP contribution is 2.30. The van der Waals surface area contributed by atoms with Gasteiger partial charge in [0.25, 0.3) is 5.89 Å². The van der Waals surface area contributed by atoms with E-state index in [1.54, 1.807) is 10.9 Å². The van der Waals surface area contributed by atoms with Crippen LogP contribution in [0.15, 0.2) is 28.9 Å². The highest BCUT2D eigenvalue weighted by molar-refractivity contribution is 6.33. The van der Waals surface area contributed by atoms with Gasteiger partial charge in [-0.05, 0) is 18.2 Å². The van der Waals surface area contributed by atoms with Crippen molar-refractivity contribution >= 4 is 11.6 Å². The molecule has 3 heterocycles. The van der Waals surface area contributed by atoms with Crippen LogP contribution in [-0.4, -0.2) is 38.3 Å². The number of ether oxygens (including phenoxy) is 1. The van der Waals surface area contributed by atoms with Crippen LogP contribution in [0, 0.1) is 11.2 Å². The molecule has 124 valence electrons. The Kier molecular flexibility index (Phi) is 3.58. The largest absolute Gasteiger partial charge is 0.380 e. The van der Waals surface area contributed by atoms with Crippen LogP contribution in [-0.2, 0) is 11.3 Å². The van der Waals surface area contributed by atoms with Gasteiger partial charge in [0.1, 0.15) is 5.82 Å². The minimum absolute atomic E-state index is 0.0760. The molecule has 1 saturated heterocycles. The van der Waals surface area contributed by atoms with Crippen molar-refractivity contribution in [2.24, 2.45) is 5.41 Å². The van der Waals surface area contributed by atoms with Crippen molar-refractivity contribution in [3.63, 3.8) is 0 Å². The molecule has 0 bridgehead atoms. The second-order valence-electron chi connectivity index (χ2n) is 6.15. The maximum Gasteiger partial charge on any atom is 0.280 e. The Morgan fingerprint density at radius 1 is 1.38 bits per heavy atom. The normalized spacial score (nSPS) is 16.1. The molecule has 0 radical (unpaired) electrons. The summed E-state index contributed by atoms with van der Waals surface area (Å²) in [6, 6.07) is 3.99. The van der Waals surface area contributed by atoms with Gasteiger partial charge in [0.15, 0.2) is 5.69 Å². The van der Waals surface area contributed by atoms with Crippen LogP contribution < -0.4 is 0 Å². The zero-order chi connectivity index (χ0) is 16.7. The van der Waals surface area contributed by atoms with E-state index < -0.39 is 5.82 Å². The lowest BCUT2D eigenvalue weighted by molar-refractivity contribution is -0.111. The Morgan fingerprint density at radius 2 is 2.21 bits per heavy atom. The number of nitrogens with zero attached hydrogens (tertiary/aromatic N) is 5. The maximum atomic E-state index is 13.1. The SMILES string of the molecule is CC1(Cn2cc(-c3nc(-c4ccc(F)cc4Cl)no3)nn2)COC1. The lowest BCUT2D eigenvalue weighted by Crippen LogP contribution is -2.43. The van der Waals surface area contributed by atoms with Gasteiger partial charge < -0.3 is 9.26 Å². The third kappa shape index (κ3) is 2.78. The molecule has 1 aromatic carbocycles. The predicted octanol–water partition coefficient (Wildman–Crippen LogP) is 2.82. The van der Waals surface area contributed by atoms with Crippen LogP contribution in [0.3, 0.4) is 0 Å². The molecule has 1 fully saturated rings. The second-order valence-corrected chi connectivity index (χ2v) is 6.56. The average Bonchev–Trinajstić information content (AvgIpc) is 3.14. The first-order valence-electron chi connectivity index (χ1n) is 7.30. The molecule has 1 aliphatic rings. The summed E-state index contributed by atoms with van der Waals surface area (Å²) in [5.74, 6) is 0.0689. The van der Waals surface area contributed by atoms with Crippen molar-refractivity contribution in [2.75, 3.05) is 13.2 Å². The van der Waals surface area contributed by atoms with Crippen molar-refractivity contribution in [1.82, 2.24) is 25.1 Å². The molecule has 0 atom stereocenters. The van der Waals surface area contributed by atoms with Gasteiger partial charge in [0.05, 0.1) is 31.0 Å². The van der Waals surface area contributed by atoms with Gasteiger partial charge in [-0.1, -0.05) is 28.9 Å². The molecule has 0 N–H and O–H groups in total. The van der Waals surface area contributed by atoms with E-state index >= 15 is 0 Å². The monoisotopic (exact) mass is 349 g/mol. The third-order valence-electron chi connectivity index (χ3n) is 3.80. The molecular weight excluding hydrogens is 337 g/mol. The summed E-state index contributed by atoms with van der Waals surface area (Å²) in [5, 5.41) is 12.2. The fourth-order valence-electron chi connectivity index (χ4n) is 2.51. The zero-order valence-corrected chi connectivity index (χ0v) is 13.5. The second kappa shape index (κ2) is 5.64. The van der Waals surface area contributed by atoms with E-state index in [9.17, 15) is 4.39 Å². The van der Waals surface area contributed by atoms with Crippen LogP contribution in [0.4, 0.5) is 4.39 Å². The Bertz CT molecular complexity index is 890. The van der Waals surface area contributed by atoms with E-state index in [2.05, 4.69) is 27.4 Å². The average molecular weight is 350 g/mol. The van der Waals surface area contributed by atoms with Crippen LogP contribution in [0.2, 0.25) is 5.02 Å². The topological polar surface area (TPSA) is 78.9 Å². The lowest BCUT2D eigenvalue weighted by Gasteiger charge is -2.37. The highest BCUT2D eigenvalue weighted by Gasteiger charge is 2.34. The van der Waals surface area contributed by atoms with E-state index in [-0.39, 0.29) is 22.2 Å². The van der Waals surface area contributed by atoms with Crippen LogP contribution in [0.5, 0.6) is 0 Å². The molecule has 4 rings (SSSR count). The molecule has 9 heteroatoms. The Hall–Kier alpha value is -2.32. The van der Waals surface area contributed by atoms with Crippen LogP contribution in [0.1, 0.15) is 6.92 Å². The number of hydrogen-bond donors (Lipinski definition) is 0. The summed E-state index contributed by atoms with van der Waals surface area (Å²) in [7, 11) is 0. The van der Waals surface area contributed by atoms with Gasteiger partial charge in [0, 0.05) is 11.0 Å². The molecule has 2 aromatic heterocycles. The van der Waals surface area contributed by atoms with Gasteiger partial charge in [-0.2, -0.15) is 4.98 Å². The number of rotatable bonds is 4. The fourth-order valence-corrected chi connectivity index (χ4v) is 2.77. The number of halogens is 2. The van der Waals surface area contributed by atoms with Gasteiger partial charge >= 0.3 is 0 Å². The maximum absolute atomic E-state index is 13.1. The minimum atomic E-state index is -0.427. The van der Waals surface area contributed by atoms with Crippen molar-refractivity contribution in [3.8, 4) is 23.0 Å². The van der Waals surface area contributed by atoms with E-state index in [4.69, 9.17) is 20.9 Å². The van der Waals surface area contributed by atoms with E-state index in [0.717, 1.165) is 0 Å². The summed E-state index contributed by atoms with van der Waals surface area (Å²) in [6.45, 7) is 4.23. The third-order valence-corrected chi connectivity index (χ3v) is 4.11. The summed E-state index contributed by atoms with van der Waals surface area (Å²) in [6.07, 6.45) is 1.74. The van der Waals surface area contributed by atoms with Crippen LogP contribution in [0.25, 0.3) is 23.0 Å². The Balaban J connectivity index is 1.57. The quantitative estimate of drug-likeness (QED) is 0.720. The Labute approximate surface area is 141 Å². The molecule has 0 aliphatic carbocycles. The molecule has 0 unspecified atom stereocenters. The fraction of sp³-hybridized carbons (Fsp3) is 0.333. The van der Waals surface area contributed by atoms with Crippen molar-refractivity contribution in [3.05, 3.63) is 35.2 Å². The summed E-state index contributed by atoms with van der Waals surface area (Å²) >= 11 is 6.01. The molecule has 1 aliphatic heterocycles. The van der Waals surface area contributed by atoms with E-state index in [1.165, 1.54) is 18.2 Å². The molecular formula is C15H13ClFN5O2. The predicted molar refractivity (Wildman–Crippen MR) is 82.6 cm³/mol. The first-order chi connectivity index (χ1) is 11.5. The molecule has 0 spiro atoms. The van der Waals surface area contributed by atoms with Crippen LogP contribution >= 0.6 is 11.6 Å². The summed E-state index contributed by atoms with van der Waals surface area (Å²) in [5.41, 5.74) is 1.03. The number of hydrogen-bond acceptors (Lipinski definition) is 6. The number of aromatic nitrogens is 5. The molecule has 0 saturated carbocycles. The van der Waals surface area contributed by atoms with Crippen molar-refractivity contribution in [1.29, 1.82) is 0 Å². The standard InChI is InChI=1S/C15H13ClFN5O2/c1-15(7-23-8-15)6-22-5-12(19-21-22)14-18-13(20-24-14)10-3-2-9(17)4-11(10)16/h2-5H,6-8H2,1H3. The first-order valence-corrected chi connectivity index (χ1v) is 7.68. The van der Waals surface area contributed by atoms with Gasteiger partial charge in [-0.15, -0.1) is 5.10 Å². The van der Waals surface area contributed by atoms with Crippen molar-refractivity contribution in [2.45, 2.75) is 13.5 Å². The Morgan fingerprint density at radius 3 is 2.92 bits per heavy atom. The van der Waals surface area contributed by atoms with E-state index in [1.807, 2.05) is 0 Å². The zero-order valence-electron chi connectivity index (χ0n) is 12.7. The summed E-state index contributed by atoms with van der Waals surface area (Å²) < 4.78 is 25.3. The highest BCUT2D eigenvalue weighted by atomic mass is 35.5. The van der Waals surface area contributed by atoms with Gasteiger partial charge in [-0.3, -0.25) is 4.68 Å². The van der Waals surface area contributed by atoms with E-state index in [0.29, 0.717) is 31.0 Å². The molecule has 7 nitrogen and oxygen atoms in total. The molecule has 24 heavy (non-hydrogen) atoms. The number of benzene rings is 1. The van der Waals surface area contributed by atoms with Gasteiger partial charge in [0.2, 0.25) is 5.82 Å². The minimum Gasteiger partial charge on any atom is -0.380 e. The molecule has 3 aromatic rings.